The Hall–Kier alpha value is -2.75. The molecule has 0 radical (unpaired) electrons. The number of rotatable bonds is 5. The molecule has 0 aromatic carbocycles. The van der Waals surface area contributed by atoms with Gasteiger partial charge in [0.2, 0.25) is 12.2 Å². The van der Waals surface area contributed by atoms with Crippen molar-refractivity contribution in [1.82, 2.24) is 9.55 Å². The lowest BCUT2D eigenvalue weighted by Gasteiger charge is -2.11. The first-order chi connectivity index (χ1) is 11.5. The highest BCUT2D eigenvalue weighted by Gasteiger charge is 2.25. The summed E-state index contributed by atoms with van der Waals surface area (Å²) in [4.78, 5) is 38.6. The predicted octanol–water partition coefficient (Wildman–Crippen LogP) is 1.47. The van der Waals surface area contributed by atoms with Crippen LogP contribution in [0.15, 0.2) is 12.5 Å². The average Bonchev–Trinajstić information content (AvgIpc) is 3.10. The van der Waals surface area contributed by atoms with E-state index < -0.39 is 16.7 Å². The van der Waals surface area contributed by atoms with Gasteiger partial charge in [0.05, 0.1) is 5.56 Å². The van der Waals surface area contributed by atoms with Gasteiger partial charge in [-0.3, -0.25) is 9.59 Å². The number of fused-ring (bicyclic) bond motifs is 1. The molecule has 2 amide bonds. The molecule has 3 N–H and O–H groups in total. The summed E-state index contributed by atoms with van der Waals surface area (Å²) in [5.41, 5.74) is 6.80. The molecule has 3 rings (SSSR count). The molecule has 0 bridgehead atoms. The molecule has 24 heavy (non-hydrogen) atoms. The van der Waals surface area contributed by atoms with Crippen molar-refractivity contribution in [1.29, 1.82) is 0 Å². The fraction of sp³-hybridized carbons (Fsp3) is 0.357. The number of nitro groups is 1. The Balaban J connectivity index is 1.77. The minimum Gasteiger partial charge on any atom is -0.365 e. The molecule has 0 spiro atoms. The van der Waals surface area contributed by atoms with Crippen LogP contribution < -0.4 is 11.1 Å². The third kappa shape index (κ3) is 3.13. The molecule has 126 valence electrons. The SMILES string of the molecule is NC(=O)c1c(NC(=O)Cn2cnc([N+](=O)[O-])c2)sc2c1CCCC2. The van der Waals surface area contributed by atoms with E-state index in [9.17, 15) is 19.7 Å². The number of amides is 2. The van der Waals surface area contributed by atoms with Crippen LogP contribution in [0.2, 0.25) is 0 Å². The van der Waals surface area contributed by atoms with E-state index in [-0.39, 0.29) is 12.4 Å². The van der Waals surface area contributed by atoms with Crippen LogP contribution in [0.4, 0.5) is 10.8 Å². The van der Waals surface area contributed by atoms with Crippen molar-refractivity contribution in [3.63, 3.8) is 0 Å². The first-order valence-electron chi connectivity index (χ1n) is 7.36. The summed E-state index contributed by atoms with van der Waals surface area (Å²) in [6, 6.07) is 0. The summed E-state index contributed by atoms with van der Waals surface area (Å²) < 4.78 is 1.31. The molecule has 0 aliphatic heterocycles. The number of nitrogens with two attached hydrogens (primary N) is 1. The van der Waals surface area contributed by atoms with Gasteiger partial charge in [0.15, 0.2) is 0 Å². The smallest absolute Gasteiger partial charge is 0.365 e. The Bertz CT molecular complexity index is 825. The molecule has 1 aliphatic rings. The highest BCUT2D eigenvalue weighted by molar-refractivity contribution is 7.17. The van der Waals surface area contributed by atoms with Crippen LogP contribution in [0, 0.1) is 10.1 Å². The van der Waals surface area contributed by atoms with Crippen molar-refractivity contribution < 1.29 is 14.5 Å². The average molecular weight is 349 g/mol. The normalized spacial score (nSPS) is 13.3. The maximum absolute atomic E-state index is 12.2. The number of aromatic nitrogens is 2. The van der Waals surface area contributed by atoms with Crippen molar-refractivity contribution in [2.24, 2.45) is 5.73 Å². The highest BCUT2D eigenvalue weighted by Crippen LogP contribution is 2.37. The molecule has 0 saturated carbocycles. The second kappa shape index (κ2) is 6.40. The first-order valence-corrected chi connectivity index (χ1v) is 8.17. The number of carbonyl (C=O) groups is 2. The van der Waals surface area contributed by atoms with Crippen molar-refractivity contribution >= 4 is 34.0 Å². The molecule has 2 aromatic heterocycles. The fourth-order valence-electron chi connectivity index (χ4n) is 2.78. The minimum atomic E-state index is -0.632. The largest absolute Gasteiger partial charge is 0.381 e. The fourth-order valence-corrected chi connectivity index (χ4v) is 4.09. The van der Waals surface area contributed by atoms with Crippen LogP contribution in [0.3, 0.4) is 0 Å². The lowest BCUT2D eigenvalue weighted by atomic mass is 9.95. The summed E-state index contributed by atoms with van der Waals surface area (Å²) in [6.07, 6.45) is 6.10. The van der Waals surface area contributed by atoms with E-state index in [1.165, 1.54) is 28.4 Å². The second-order valence-electron chi connectivity index (χ2n) is 5.49. The molecule has 9 nitrogen and oxygen atoms in total. The van der Waals surface area contributed by atoms with E-state index in [0.29, 0.717) is 10.6 Å². The second-order valence-corrected chi connectivity index (χ2v) is 6.59. The number of hydrogen-bond acceptors (Lipinski definition) is 6. The minimum absolute atomic E-state index is 0.137. The van der Waals surface area contributed by atoms with Crippen molar-refractivity contribution in [2.45, 2.75) is 32.2 Å². The number of aryl methyl sites for hydroxylation is 1. The van der Waals surface area contributed by atoms with Crippen molar-refractivity contribution in [3.8, 4) is 0 Å². The van der Waals surface area contributed by atoms with Crippen LogP contribution in [0.25, 0.3) is 0 Å². The van der Waals surface area contributed by atoms with Crippen LogP contribution in [0.5, 0.6) is 0 Å². The van der Waals surface area contributed by atoms with Gasteiger partial charge in [0.1, 0.15) is 17.7 Å². The van der Waals surface area contributed by atoms with Crippen LogP contribution in [-0.4, -0.2) is 26.3 Å². The Morgan fingerprint density at radius 3 is 2.83 bits per heavy atom. The van der Waals surface area contributed by atoms with Gasteiger partial charge >= 0.3 is 5.82 Å². The molecular weight excluding hydrogens is 334 g/mol. The molecule has 2 aromatic rings. The number of hydrogen-bond donors (Lipinski definition) is 2. The Labute approximate surface area is 140 Å². The molecule has 2 heterocycles. The van der Waals surface area contributed by atoms with E-state index >= 15 is 0 Å². The standard InChI is InChI=1S/C14H15N5O4S/c15-13(21)12-8-3-1-2-4-9(8)24-14(12)17-11(20)6-18-5-10(16-7-18)19(22)23/h5,7H,1-4,6H2,(H2,15,21)(H,17,20). The van der Waals surface area contributed by atoms with Gasteiger partial charge < -0.3 is 25.7 Å². The highest BCUT2D eigenvalue weighted by atomic mass is 32.1. The molecule has 0 atom stereocenters. The van der Waals surface area contributed by atoms with Gasteiger partial charge in [-0.05, 0) is 41.2 Å². The topological polar surface area (TPSA) is 133 Å². The quantitative estimate of drug-likeness (QED) is 0.623. The summed E-state index contributed by atoms with van der Waals surface area (Å²) in [5.74, 6) is -1.28. The van der Waals surface area contributed by atoms with Gasteiger partial charge in [-0.25, -0.2) is 0 Å². The molecular formula is C14H15N5O4S. The summed E-state index contributed by atoms with van der Waals surface area (Å²) in [6.45, 7) is -0.137. The number of carbonyl (C=O) groups excluding carboxylic acids is 2. The maximum Gasteiger partial charge on any atom is 0.381 e. The van der Waals surface area contributed by atoms with E-state index in [0.717, 1.165) is 36.1 Å². The van der Waals surface area contributed by atoms with Crippen molar-refractivity contribution in [3.05, 3.63) is 38.6 Å². The molecule has 0 unspecified atom stereocenters. The van der Waals surface area contributed by atoms with E-state index in [4.69, 9.17) is 5.73 Å². The molecule has 10 heteroatoms. The molecule has 1 aliphatic carbocycles. The number of nitrogens with zero attached hydrogens (tertiary/aromatic N) is 3. The lowest BCUT2D eigenvalue weighted by Crippen LogP contribution is -2.21. The number of anilines is 1. The third-order valence-electron chi connectivity index (χ3n) is 3.80. The van der Waals surface area contributed by atoms with Crippen LogP contribution in [0.1, 0.15) is 33.6 Å². The Morgan fingerprint density at radius 1 is 1.42 bits per heavy atom. The predicted molar refractivity (Wildman–Crippen MR) is 87.0 cm³/mol. The summed E-state index contributed by atoms with van der Waals surface area (Å²) >= 11 is 1.37. The molecule has 0 fully saturated rings. The number of thiophene rings is 1. The maximum atomic E-state index is 12.2. The van der Waals surface area contributed by atoms with E-state index in [2.05, 4.69) is 10.3 Å². The zero-order valence-electron chi connectivity index (χ0n) is 12.7. The Kier molecular flexibility index (Phi) is 4.30. The van der Waals surface area contributed by atoms with E-state index in [1.807, 2.05) is 0 Å². The number of primary amides is 1. The van der Waals surface area contributed by atoms with Crippen LogP contribution in [-0.2, 0) is 24.2 Å². The lowest BCUT2D eigenvalue weighted by molar-refractivity contribution is -0.389. The summed E-state index contributed by atoms with van der Waals surface area (Å²) in [7, 11) is 0. The third-order valence-corrected chi connectivity index (χ3v) is 5.01. The molecule has 0 saturated heterocycles. The summed E-state index contributed by atoms with van der Waals surface area (Å²) in [5, 5.41) is 13.8. The van der Waals surface area contributed by atoms with Gasteiger partial charge in [-0.1, -0.05) is 0 Å². The number of nitrogens with one attached hydrogen (secondary N) is 1. The van der Waals surface area contributed by atoms with Gasteiger partial charge in [0, 0.05) is 4.88 Å². The Morgan fingerprint density at radius 2 is 2.17 bits per heavy atom. The van der Waals surface area contributed by atoms with Gasteiger partial charge in [0.25, 0.3) is 5.91 Å². The zero-order chi connectivity index (χ0) is 17.3. The van der Waals surface area contributed by atoms with Gasteiger partial charge in [-0.2, -0.15) is 0 Å². The zero-order valence-corrected chi connectivity index (χ0v) is 13.5. The first kappa shape index (κ1) is 16.1. The van der Waals surface area contributed by atoms with Crippen LogP contribution >= 0.6 is 11.3 Å². The number of imidazole rings is 1. The monoisotopic (exact) mass is 349 g/mol. The van der Waals surface area contributed by atoms with Gasteiger partial charge in [-0.15, -0.1) is 11.3 Å². The van der Waals surface area contributed by atoms with E-state index in [1.54, 1.807) is 0 Å². The van der Waals surface area contributed by atoms with Crippen molar-refractivity contribution in [2.75, 3.05) is 5.32 Å².